The van der Waals surface area contributed by atoms with Crippen LogP contribution in [0.25, 0.3) is 0 Å². The van der Waals surface area contributed by atoms with E-state index in [1.165, 1.54) is 18.5 Å². The molecule has 1 aliphatic heterocycles. The average molecular weight is 428 g/mol. The first-order valence-electron chi connectivity index (χ1n) is 8.43. The van der Waals surface area contributed by atoms with Crippen molar-refractivity contribution in [1.82, 2.24) is 20.4 Å². The van der Waals surface area contributed by atoms with Gasteiger partial charge in [-0.2, -0.15) is 5.10 Å². The Morgan fingerprint density at radius 1 is 1.34 bits per heavy atom. The minimum atomic E-state index is -3.47. The molecule has 0 fully saturated rings. The fourth-order valence-corrected chi connectivity index (χ4v) is 3.72. The second-order valence-electron chi connectivity index (χ2n) is 6.45. The lowest BCUT2D eigenvalue weighted by Crippen LogP contribution is -2.52. The summed E-state index contributed by atoms with van der Waals surface area (Å²) < 4.78 is 64.1. The van der Waals surface area contributed by atoms with Crippen molar-refractivity contribution in [2.24, 2.45) is 10.7 Å². The molecule has 0 aliphatic carbocycles. The number of benzene rings is 1. The van der Waals surface area contributed by atoms with Gasteiger partial charge in [0, 0.05) is 19.0 Å². The quantitative estimate of drug-likeness (QED) is 0.611. The van der Waals surface area contributed by atoms with E-state index in [9.17, 15) is 21.6 Å². The van der Waals surface area contributed by atoms with Crippen molar-refractivity contribution in [3.05, 3.63) is 59.4 Å². The molecule has 3 rings (SSSR count). The molecule has 156 valence electrons. The standard InChI is InChI=1S/C17H19F3N6O2S/c1-29(27,28)14-5-3-2-4-11(14)6-22-16-13(18)8-23-17(21,25-16)12-7-24-26(9-12)10-15(19)20/h2-5,7-9,15,22,25H,6,10,21H2,1H3. The normalized spacial score (nSPS) is 19.5. The number of sulfone groups is 1. The Morgan fingerprint density at radius 2 is 2.07 bits per heavy atom. The summed E-state index contributed by atoms with van der Waals surface area (Å²) in [4.78, 5) is 4.02. The lowest BCUT2D eigenvalue weighted by Gasteiger charge is -2.31. The van der Waals surface area contributed by atoms with Crippen LogP contribution in [0.3, 0.4) is 0 Å². The van der Waals surface area contributed by atoms with Gasteiger partial charge in [-0.25, -0.2) is 26.6 Å². The van der Waals surface area contributed by atoms with E-state index in [-0.39, 0.29) is 22.8 Å². The van der Waals surface area contributed by atoms with Crippen molar-refractivity contribution < 1.29 is 21.6 Å². The number of allylic oxidation sites excluding steroid dienone is 1. The van der Waals surface area contributed by atoms with Crippen molar-refractivity contribution in [2.75, 3.05) is 6.26 Å². The van der Waals surface area contributed by atoms with Crippen molar-refractivity contribution >= 4 is 16.1 Å². The predicted octanol–water partition coefficient (Wildman–Crippen LogP) is 1.22. The maximum atomic E-state index is 14.2. The predicted molar refractivity (Wildman–Crippen MR) is 100 cm³/mol. The summed E-state index contributed by atoms with van der Waals surface area (Å²) in [7, 11) is -3.47. The smallest absolute Gasteiger partial charge is 0.257 e. The van der Waals surface area contributed by atoms with Gasteiger partial charge in [-0.1, -0.05) is 18.2 Å². The van der Waals surface area contributed by atoms with Crippen molar-refractivity contribution in [2.45, 2.75) is 30.2 Å². The molecule has 2 aromatic rings. The summed E-state index contributed by atoms with van der Waals surface area (Å²) in [6.07, 6.45) is 1.93. The highest BCUT2D eigenvalue weighted by Crippen LogP contribution is 2.23. The van der Waals surface area contributed by atoms with E-state index in [4.69, 9.17) is 5.73 Å². The Balaban J connectivity index is 1.78. The third kappa shape index (κ3) is 4.77. The Hall–Kier alpha value is -2.86. The highest BCUT2D eigenvalue weighted by Gasteiger charge is 2.32. The lowest BCUT2D eigenvalue weighted by molar-refractivity contribution is 0.121. The molecule has 1 unspecified atom stereocenters. The van der Waals surface area contributed by atoms with Crippen LogP contribution in [0.2, 0.25) is 0 Å². The molecule has 12 heteroatoms. The van der Waals surface area contributed by atoms with Gasteiger partial charge >= 0.3 is 0 Å². The number of hydrogen-bond donors (Lipinski definition) is 3. The highest BCUT2D eigenvalue weighted by atomic mass is 32.2. The number of alkyl halides is 2. The molecule has 8 nitrogen and oxygen atoms in total. The van der Waals surface area contributed by atoms with Crippen LogP contribution in [0.1, 0.15) is 11.1 Å². The molecular weight excluding hydrogens is 409 g/mol. The van der Waals surface area contributed by atoms with Gasteiger partial charge in [-0.05, 0) is 11.6 Å². The van der Waals surface area contributed by atoms with Crippen molar-refractivity contribution in [3.63, 3.8) is 0 Å². The monoisotopic (exact) mass is 428 g/mol. The lowest BCUT2D eigenvalue weighted by atomic mass is 10.1. The van der Waals surface area contributed by atoms with Gasteiger partial charge in [0.2, 0.25) is 5.79 Å². The van der Waals surface area contributed by atoms with E-state index in [0.717, 1.165) is 17.2 Å². The van der Waals surface area contributed by atoms with Crippen LogP contribution in [-0.2, 0) is 28.7 Å². The maximum absolute atomic E-state index is 14.2. The van der Waals surface area contributed by atoms with Crippen molar-refractivity contribution in [1.29, 1.82) is 0 Å². The summed E-state index contributed by atoms with van der Waals surface area (Å²) in [5.41, 5.74) is 6.84. The molecule has 2 heterocycles. The molecule has 1 aromatic heterocycles. The molecule has 1 atom stereocenters. The SMILES string of the molecule is CS(=O)(=O)c1ccccc1CNC1=C(F)C=NC(N)(c2cnn(CC(F)F)c2)N1. The Kier molecular flexibility index (Phi) is 5.66. The van der Waals surface area contributed by atoms with E-state index in [2.05, 4.69) is 20.7 Å². The van der Waals surface area contributed by atoms with Gasteiger partial charge in [0.1, 0.15) is 12.4 Å². The molecule has 1 aliphatic rings. The van der Waals surface area contributed by atoms with Crippen LogP contribution < -0.4 is 16.4 Å². The first-order valence-corrected chi connectivity index (χ1v) is 10.3. The summed E-state index contributed by atoms with van der Waals surface area (Å²) in [5, 5.41) is 9.25. The van der Waals surface area contributed by atoms with Gasteiger partial charge in [-0.3, -0.25) is 10.4 Å². The average Bonchev–Trinajstić information content (AvgIpc) is 3.11. The van der Waals surface area contributed by atoms with Crippen LogP contribution in [-0.4, -0.2) is 37.1 Å². The zero-order chi connectivity index (χ0) is 21.2. The summed E-state index contributed by atoms with van der Waals surface area (Å²) in [6.45, 7) is -0.620. The van der Waals surface area contributed by atoms with Crippen LogP contribution in [0.5, 0.6) is 0 Å². The molecule has 29 heavy (non-hydrogen) atoms. The second-order valence-corrected chi connectivity index (χ2v) is 8.43. The number of nitrogens with two attached hydrogens (primary N) is 1. The number of aromatic nitrogens is 2. The minimum absolute atomic E-state index is 0.00639. The zero-order valence-electron chi connectivity index (χ0n) is 15.3. The van der Waals surface area contributed by atoms with Gasteiger partial charge in [0.25, 0.3) is 6.43 Å². The first-order chi connectivity index (χ1) is 13.6. The van der Waals surface area contributed by atoms with Gasteiger partial charge in [-0.15, -0.1) is 0 Å². The fraction of sp³-hybridized carbons (Fsp3) is 0.294. The molecule has 0 radical (unpaired) electrons. The van der Waals surface area contributed by atoms with Gasteiger partial charge < -0.3 is 10.6 Å². The highest BCUT2D eigenvalue weighted by molar-refractivity contribution is 7.90. The Labute approximate surface area is 165 Å². The van der Waals surface area contributed by atoms with E-state index < -0.39 is 34.4 Å². The summed E-state index contributed by atoms with van der Waals surface area (Å²) in [6, 6.07) is 6.31. The number of hydrogen-bond acceptors (Lipinski definition) is 7. The minimum Gasteiger partial charge on any atom is -0.365 e. The fourth-order valence-electron chi connectivity index (χ4n) is 2.78. The maximum Gasteiger partial charge on any atom is 0.257 e. The number of halogens is 3. The zero-order valence-corrected chi connectivity index (χ0v) is 16.1. The molecule has 1 aromatic carbocycles. The summed E-state index contributed by atoms with van der Waals surface area (Å²) in [5.74, 6) is -2.50. The molecular formula is C17H19F3N6O2S. The van der Waals surface area contributed by atoms with E-state index in [1.807, 2.05) is 0 Å². The Morgan fingerprint density at radius 3 is 2.76 bits per heavy atom. The van der Waals surface area contributed by atoms with Crippen LogP contribution >= 0.6 is 0 Å². The topological polar surface area (TPSA) is 114 Å². The van der Waals surface area contributed by atoms with Crippen LogP contribution in [0, 0.1) is 0 Å². The van der Waals surface area contributed by atoms with Crippen LogP contribution in [0.4, 0.5) is 13.2 Å². The van der Waals surface area contributed by atoms with E-state index in [1.54, 1.807) is 18.2 Å². The third-order valence-electron chi connectivity index (χ3n) is 4.16. The number of rotatable bonds is 7. The second kappa shape index (κ2) is 7.87. The molecule has 0 saturated heterocycles. The molecule has 0 bridgehead atoms. The van der Waals surface area contributed by atoms with E-state index in [0.29, 0.717) is 5.56 Å². The molecule has 0 spiro atoms. The number of nitrogens with one attached hydrogen (secondary N) is 2. The molecule has 0 amide bonds. The van der Waals surface area contributed by atoms with Gasteiger partial charge in [0.15, 0.2) is 15.7 Å². The van der Waals surface area contributed by atoms with Crippen molar-refractivity contribution in [3.8, 4) is 0 Å². The summed E-state index contributed by atoms with van der Waals surface area (Å²) >= 11 is 0. The van der Waals surface area contributed by atoms with Crippen LogP contribution in [0.15, 0.2) is 58.2 Å². The first kappa shape index (κ1) is 20.9. The van der Waals surface area contributed by atoms with E-state index >= 15 is 0 Å². The third-order valence-corrected chi connectivity index (χ3v) is 5.36. The molecule has 0 saturated carbocycles. The molecule has 4 N–H and O–H groups in total. The largest absolute Gasteiger partial charge is 0.365 e. The number of nitrogens with zero attached hydrogens (tertiary/aromatic N) is 3. The number of aliphatic imine (C=N–C) groups is 1. The Bertz CT molecular complexity index is 1070. The van der Waals surface area contributed by atoms with Gasteiger partial charge in [0.05, 0.1) is 22.9 Å².